The molecule has 5 heteroatoms. The third-order valence-corrected chi connectivity index (χ3v) is 3.40. The summed E-state index contributed by atoms with van der Waals surface area (Å²) in [5, 5.41) is 3.13. The van der Waals surface area contributed by atoms with Crippen molar-refractivity contribution >= 4 is 0 Å². The minimum Gasteiger partial charge on any atom is -0.496 e. The first kappa shape index (κ1) is 14.5. The number of hydrogen-bond donors (Lipinski definition) is 1. The Morgan fingerprint density at radius 1 is 1.30 bits per heavy atom. The van der Waals surface area contributed by atoms with E-state index in [0.29, 0.717) is 0 Å². The second kappa shape index (κ2) is 6.52. The van der Waals surface area contributed by atoms with E-state index in [2.05, 4.69) is 26.0 Å². The summed E-state index contributed by atoms with van der Waals surface area (Å²) < 4.78 is 7.50. The van der Waals surface area contributed by atoms with Crippen molar-refractivity contribution in [3.8, 4) is 5.75 Å². The van der Waals surface area contributed by atoms with Crippen LogP contribution in [0.5, 0.6) is 5.75 Å². The van der Waals surface area contributed by atoms with Gasteiger partial charge in [-0.1, -0.05) is 0 Å². The Hall–Kier alpha value is -1.88. The summed E-state index contributed by atoms with van der Waals surface area (Å²) in [6.45, 7) is 5.71. The molecule has 0 aliphatic carbocycles. The van der Waals surface area contributed by atoms with E-state index in [1.807, 2.05) is 33.4 Å². The smallest absolute Gasteiger partial charge is 0.128 e. The molecule has 0 radical (unpaired) electrons. The van der Waals surface area contributed by atoms with E-state index in [-0.39, 0.29) is 0 Å². The van der Waals surface area contributed by atoms with Gasteiger partial charge in [0.15, 0.2) is 0 Å². The molecular weight excluding hydrogens is 252 g/mol. The fourth-order valence-corrected chi connectivity index (χ4v) is 2.28. The third kappa shape index (κ3) is 3.17. The van der Waals surface area contributed by atoms with Crippen LogP contribution in [0.3, 0.4) is 0 Å². The first-order valence-electron chi connectivity index (χ1n) is 6.80. The molecule has 2 aromatic heterocycles. The maximum absolute atomic E-state index is 5.44. The van der Waals surface area contributed by atoms with Crippen molar-refractivity contribution in [3.63, 3.8) is 0 Å². The molecule has 0 aliphatic rings. The van der Waals surface area contributed by atoms with Gasteiger partial charge in [-0.2, -0.15) is 0 Å². The number of nitrogens with zero attached hydrogens (tertiary/aromatic N) is 3. The molecule has 0 spiro atoms. The molecule has 0 aliphatic heterocycles. The van der Waals surface area contributed by atoms with Crippen LogP contribution in [-0.4, -0.2) is 35.2 Å². The molecule has 0 atom stereocenters. The molecule has 0 bridgehead atoms. The van der Waals surface area contributed by atoms with Crippen molar-refractivity contribution in [3.05, 3.63) is 41.2 Å². The highest BCUT2D eigenvalue weighted by molar-refractivity contribution is 5.41. The predicted molar refractivity (Wildman–Crippen MR) is 79.2 cm³/mol. The summed E-state index contributed by atoms with van der Waals surface area (Å²) in [6.07, 6.45) is 6.73. The van der Waals surface area contributed by atoms with E-state index in [0.717, 1.165) is 47.8 Å². The number of methoxy groups -OCH3 is 1. The van der Waals surface area contributed by atoms with Gasteiger partial charge >= 0.3 is 0 Å². The van der Waals surface area contributed by atoms with E-state index in [9.17, 15) is 0 Å². The third-order valence-electron chi connectivity index (χ3n) is 3.40. The van der Waals surface area contributed by atoms with Crippen LogP contribution in [0.2, 0.25) is 0 Å². The van der Waals surface area contributed by atoms with Gasteiger partial charge in [0, 0.05) is 36.5 Å². The average molecular weight is 274 g/mol. The van der Waals surface area contributed by atoms with Crippen LogP contribution in [-0.2, 0) is 13.0 Å². The second-order valence-electron chi connectivity index (χ2n) is 4.94. The monoisotopic (exact) mass is 274 g/mol. The number of likely N-dealkylation sites (N-methyl/N-ethyl adjacent to an activating group) is 1. The maximum Gasteiger partial charge on any atom is 0.128 e. The fourth-order valence-electron chi connectivity index (χ4n) is 2.28. The Balaban J connectivity index is 2.15. The zero-order chi connectivity index (χ0) is 14.5. The van der Waals surface area contributed by atoms with Gasteiger partial charge in [0.25, 0.3) is 0 Å². The Morgan fingerprint density at radius 3 is 2.80 bits per heavy atom. The summed E-state index contributed by atoms with van der Waals surface area (Å²) in [5.41, 5.74) is 4.27. The van der Waals surface area contributed by atoms with Crippen LogP contribution in [0.15, 0.2) is 18.7 Å². The molecule has 2 rings (SSSR count). The van der Waals surface area contributed by atoms with E-state index < -0.39 is 0 Å². The van der Waals surface area contributed by atoms with Crippen LogP contribution in [0.25, 0.3) is 0 Å². The highest BCUT2D eigenvalue weighted by atomic mass is 16.5. The molecule has 2 aromatic rings. The number of pyridine rings is 1. The van der Waals surface area contributed by atoms with Crippen LogP contribution < -0.4 is 10.1 Å². The number of aromatic nitrogens is 3. The van der Waals surface area contributed by atoms with Gasteiger partial charge in [-0.25, -0.2) is 4.98 Å². The molecular formula is C15H22N4O. The molecule has 0 saturated carbocycles. The van der Waals surface area contributed by atoms with E-state index >= 15 is 0 Å². The van der Waals surface area contributed by atoms with Gasteiger partial charge in [0.2, 0.25) is 0 Å². The number of aryl methyl sites for hydroxylation is 1. The largest absolute Gasteiger partial charge is 0.496 e. The van der Waals surface area contributed by atoms with E-state index in [4.69, 9.17) is 4.74 Å². The molecule has 0 saturated heterocycles. The van der Waals surface area contributed by atoms with Gasteiger partial charge in [-0.3, -0.25) is 4.98 Å². The van der Waals surface area contributed by atoms with Crippen molar-refractivity contribution < 1.29 is 4.74 Å². The zero-order valence-electron chi connectivity index (χ0n) is 12.6. The molecule has 20 heavy (non-hydrogen) atoms. The molecule has 5 nitrogen and oxygen atoms in total. The lowest BCUT2D eigenvalue weighted by Gasteiger charge is -2.12. The first-order valence-corrected chi connectivity index (χ1v) is 6.80. The summed E-state index contributed by atoms with van der Waals surface area (Å²) in [6, 6.07) is 0. The maximum atomic E-state index is 5.44. The lowest BCUT2D eigenvalue weighted by atomic mass is 10.1. The molecule has 1 N–H and O–H groups in total. The number of nitrogens with one attached hydrogen (secondary N) is 1. The molecule has 0 unspecified atom stereocenters. The minimum atomic E-state index is 0.717. The Labute approximate surface area is 120 Å². The molecule has 0 fully saturated rings. The van der Waals surface area contributed by atoms with Gasteiger partial charge in [-0.05, 0) is 20.9 Å². The number of ether oxygens (including phenoxy) is 1. The average Bonchev–Trinajstić information content (AvgIpc) is 2.88. The standard InChI is InChI=1S/C15H22N4O/c1-11-7-17-14(12(2)15(11)20-4)9-19-8-13(18-10-19)5-6-16-3/h7-8,10,16H,5-6,9H2,1-4H3. The van der Waals surface area contributed by atoms with E-state index in [1.54, 1.807) is 7.11 Å². The van der Waals surface area contributed by atoms with Crippen molar-refractivity contribution in [2.24, 2.45) is 0 Å². The second-order valence-corrected chi connectivity index (χ2v) is 4.94. The Morgan fingerprint density at radius 2 is 2.10 bits per heavy atom. The first-order chi connectivity index (χ1) is 9.65. The highest BCUT2D eigenvalue weighted by Gasteiger charge is 2.10. The molecule has 0 aromatic carbocycles. The number of hydrogen-bond acceptors (Lipinski definition) is 4. The molecule has 108 valence electrons. The summed E-state index contributed by atoms with van der Waals surface area (Å²) in [4.78, 5) is 8.92. The number of imidazole rings is 1. The summed E-state index contributed by atoms with van der Waals surface area (Å²) in [7, 11) is 3.65. The number of rotatable bonds is 6. The Bertz CT molecular complexity index is 577. The zero-order valence-corrected chi connectivity index (χ0v) is 12.6. The van der Waals surface area contributed by atoms with Crippen LogP contribution in [0.1, 0.15) is 22.5 Å². The lowest BCUT2D eigenvalue weighted by Crippen LogP contribution is -2.10. The van der Waals surface area contributed by atoms with Crippen molar-refractivity contribution in [1.29, 1.82) is 0 Å². The van der Waals surface area contributed by atoms with Gasteiger partial charge in [-0.15, -0.1) is 0 Å². The SMILES string of the molecule is CNCCc1cn(Cc2ncc(C)c(OC)c2C)cn1. The topological polar surface area (TPSA) is 52.0 Å². The Kier molecular flexibility index (Phi) is 4.74. The van der Waals surface area contributed by atoms with Gasteiger partial charge in [0.05, 0.1) is 31.4 Å². The summed E-state index contributed by atoms with van der Waals surface area (Å²) >= 11 is 0. The van der Waals surface area contributed by atoms with Crippen molar-refractivity contribution in [1.82, 2.24) is 19.9 Å². The normalized spacial score (nSPS) is 10.8. The van der Waals surface area contributed by atoms with Crippen molar-refractivity contribution in [2.75, 3.05) is 20.7 Å². The molecule has 2 heterocycles. The summed E-state index contributed by atoms with van der Waals surface area (Å²) in [5.74, 6) is 0.922. The van der Waals surface area contributed by atoms with Crippen LogP contribution >= 0.6 is 0 Å². The van der Waals surface area contributed by atoms with Crippen molar-refractivity contribution in [2.45, 2.75) is 26.8 Å². The van der Waals surface area contributed by atoms with Gasteiger partial charge < -0.3 is 14.6 Å². The van der Waals surface area contributed by atoms with Gasteiger partial charge in [0.1, 0.15) is 5.75 Å². The predicted octanol–water partition coefficient (Wildman–Crippen LogP) is 1.71. The van der Waals surface area contributed by atoms with E-state index in [1.165, 1.54) is 0 Å². The van der Waals surface area contributed by atoms with Crippen LogP contribution in [0, 0.1) is 13.8 Å². The lowest BCUT2D eigenvalue weighted by molar-refractivity contribution is 0.406. The highest BCUT2D eigenvalue weighted by Crippen LogP contribution is 2.24. The minimum absolute atomic E-state index is 0.717. The fraction of sp³-hybridized carbons (Fsp3) is 0.467. The van der Waals surface area contributed by atoms with Crippen LogP contribution in [0.4, 0.5) is 0 Å². The molecule has 0 amide bonds. The quantitative estimate of drug-likeness (QED) is 0.871.